The number of amides is 2. The molecule has 1 aliphatic carbocycles. The van der Waals surface area contributed by atoms with Crippen LogP contribution >= 0.6 is 0 Å². The molecule has 2 amide bonds. The molecule has 6 nitrogen and oxygen atoms in total. The summed E-state index contributed by atoms with van der Waals surface area (Å²) in [6.45, 7) is 5.22. The number of aryl methyl sites for hydroxylation is 1. The molecule has 1 saturated heterocycles. The summed E-state index contributed by atoms with van der Waals surface area (Å²) < 4.78 is 1.74. The fourth-order valence-corrected chi connectivity index (χ4v) is 3.73. The molecule has 3 rings (SSSR count). The number of rotatable bonds is 4. The summed E-state index contributed by atoms with van der Waals surface area (Å²) in [6.07, 6.45) is 7.84. The molecule has 23 heavy (non-hydrogen) atoms. The van der Waals surface area contributed by atoms with Crippen LogP contribution in [0.5, 0.6) is 0 Å². The minimum atomic E-state index is -0.754. The zero-order valence-electron chi connectivity index (χ0n) is 14.0. The van der Waals surface area contributed by atoms with Gasteiger partial charge in [0.2, 0.25) is 5.91 Å². The zero-order valence-corrected chi connectivity index (χ0v) is 14.0. The van der Waals surface area contributed by atoms with Gasteiger partial charge in [0, 0.05) is 25.3 Å². The van der Waals surface area contributed by atoms with E-state index in [-0.39, 0.29) is 17.9 Å². The fraction of sp³-hybridized carbons (Fsp3) is 0.706. The van der Waals surface area contributed by atoms with Crippen molar-refractivity contribution >= 4 is 11.8 Å². The first-order chi connectivity index (χ1) is 11.0. The van der Waals surface area contributed by atoms with E-state index in [1.165, 1.54) is 12.8 Å². The summed E-state index contributed by atoms with van der Waals surface area (Å²) in [5.74, 6) is -0.149. The van der Waals surface area contributed by atoms with Gasteiger partial charge in [-0.3, -0.25) is 14.3 Å². The van der Waals surface area contributed by atoms with Gasteiger partial charge in [0.25, 0.3) is 5.91 Å². The zero-order chi connectivity index (χ0) is 16.4. The molecule has 0 radical (unpaired) electrons. The van der Waals surface area contributed by atoms with Gasteiger partial charge in [-0.2, -0.15) is 5.10 Å². The molecule has 1 atom stereocenters. The monoisotopic (exact) mass is 318 g/mol. The van der Waals surface area contributed by atoms with Crippen LogP contribution in [0.25, 0.3) is 0 Å². The SMILES string of the molecule is CCn1ccc(C(=O)N2CCC[C@]2(C)C(=O)NC2CCCC2)n1. The molecule has 1 aromatic rings. The molecular weight excluding hydrogens is 292 g/mol. The van der Waals surface area contributed by atoms with Crippen molar-refractivity contribution in [1.29, 1.82) is 0 Å². The van der Waals surface area contributed by atoms with Gasteiger partial charge < -0.3 is 10.2 Å². The average Bonchev–Trinajstić information content (AvgIpc) is 3.27. The Bertz CT molecular complexity index is 591. The maximum atomic E-state index is 12.8. The highest BCUT2D eigenvalue weighted by atomic mass is 16.2. The van der Waals surface area contributed by atoms with E-state index in [1.807, 2.05) is 13.8 Å². The third-order valence-corrected chi connectivity index (χ3v) is 5.25. The van der Waals surface area contributed by atoms with Gasteiger partial charge in [0.05, 0.1) is 0 Å². The Morgan fingerprint density at radius 1 is 1.35 bits per heavy atom. The summed E-state index contributed by atoms with van der Waals surface area (Å²) in [5.41, 5.74) is -0.330. The second kappa shape index (κ2) is 6.34. The van der Waals surface area contributed by atoms with Crippen molar-refractivity contribution in [2.75, 3.05) is 6.54 Å². The van der Waals surface area contributed by atoms with Crippen molar-refractivity contribution in [3.8, 4) is 0 Å². The first-order valence-electron chi connectivity index (χ1n) is 8.71. The molecule has 2 aliphatic rings. The molecule has 2 fully saturated rings. The van der Waals surface area contributed by atoms with Crippen LogP contribution in [0.4, 0.5) is 0 Å². The van der Waals surface area contributed by atoms with Crippen LogP contribution in [0.15, 0.2) is 12.3 Å². The predicted molar refractivity (Wildman–Crippen MR) is 87.0 cm³/mol. The van der Waals surface area contributed by atoms with Crippen LogP contribution in [0.3, 0.4) is 0 Å². The topological polar surface area (TPSA) is 67.2 Å². The average molecular weight is 318 g/mol. The molecule has 1 aliphatic heterocycles. The number of nitrogens with zero attached hydrogens (tertiary/aromatic N) is 3. The molecule has 126 valence electrons. The first kappa shape index (κ1) is 16.0. The van der Waals surface area contributed by atoms with Crippen LogP contribution in [0, 0.1) is 0 Å². The van der Waals surface area contributed by atoms with E-state index in [1.54, 1.807) is 21.8 Å². The van der Waals surface area contributed by atoms with Gasteiger partial charge in [-0.05, 0) is 45.6 Å². The molecule has 1 aromatic heterocycles. The summed E-state index contributed by atoms with van der Waals surface area (Å²) >= 11 is 0. The van der Waals surface area contributed by atoms with Crippen molar-refractivity contribution in [2.24, 2.45) is 0 Å². The molecule has 1 N–H and O–H groups in total. The van der Waals surface area contributed by atoms with Gasteiger partial charge in [0.1, 0.15) is 11.2 Å². The van der Waals surface area contributed by atoms with Crippen LogP contribution in [-0.2, 0) is 11.3 Å². The first-order valence-corrected chi connectivity index (χ1v) is 8.71. The molecule has 2 heterocycles. The van der Waals surface area contributed by atoms with Gasteiger partial charge in [-0.1, -0.05) is 12.8 Å². The largest absolute Gasteiger partial charge is 0.351 e. The quantitative estimate of drug-likeness (QED) is 0.923. The second-order valence-electron chi connectivity index (χ2n) is 6.85. The Hall–Kier alpha value is -1.85. The number of carbonyl (C=O) groups is 2. The van der Waals surface area contributed by atoms with Gasteiger partial charge in [-0.25, -0.2) is 0 Å². The Morgan fingerprint density at radius 2 is 2.09 bits per heavy atom. The predicted octanol–water partition coefficient (Wildman–Crippen LogP) is 1.96. The summed E-state index contributed by atoms with van der Waals surface area (Å²) in [5, 5.41) is 7.45. The summed E-state index contributed by atoms with van der Waals surface area (Å²) in [4.78, 5) is 27.3. The molecular formula is C17H26N4O2. The van der Waals surface area contributed by atoms with Crippen molar-refractivity contribution in [3.63, 3.8) is 0 Å². The Kier molecular flexibility index (Phi) is 4.41. The van der Waals surface area contributed by atoms with Crippen LogP contribution in [-0.4, -0.2) is 44.6 Å². The number of likely N-dealkylation sites (tertiary alicyclic amines) is 1. The van der Waals surface area contributed by atoms with Crippen molar-refractivity contribution in [1.82, 2.24) is 20.0 Å². The number of hydrogen-bond acceptors (Lipinski definition) is 3. The van der Waals surface area contributed by atoms with Crippen LogP contribution in [0.1, 0.15) is 62.9 Å². The minimum absolute atomic E-state index is 0.00910. The lowest BCUT2D eigenvalue weighted by atomic mass is 9.96. The number of nitrogens with one attached hydrogen (secondary N) is 1. The Morgan fingerprint density at radius 3 is 2.74 bits per heavy atom. The Labute approximate surface area is 137 Å². The van der Waals surface area contributed by atoms with E-state index in [2.05, 4.69) is 10.4 Å². The van der Waals surface area contributed by atoms with Gasteiger partial charge >= 0.3 is 0 Å². The lowest BCUT2D eigenvalue weighted by Gasteiger charge is -2.34. The van der Waals surface area contributed by atoms with Crippen molar-refractivity contribution in [2.45, 2.75) is 70.5 Å². The molecule has 0 unspecified atom stereocenters. The highest BCUT2D eigenvalue weighted by Crippen LogP contribution is 2.31. The molecule has 0 aromatic carbocycles. The highest BCUT2D eigenvalue weighted by Gasteiger charge is 2.46. The van der Waals surface area contributed by atoms with Crippen LogP contribution in [0.2, 0.25) is 0 Å². The lowest BCUT2D eigenvalue weighted by molar-refractivity contribution is -0.130. The molecule has 0 bridgehead atoms. The molecule has 0 spiro atoms. The fourth-order valence-electron chi connectivity index (χ4n) is 3.73. The second-order valence-corrected chi connectivity index (χ2v) is 6.85. The third kappa shape index (κ3) is 2.99. The standard InChI is InChI=1S/C17H26N4O2/c1-3-20-12-9-14(19-20)15(22)21-11-6-10-17(21,2)16(23)18-13-7-4-5-8-13/h9,12-13H,3-8,10-11H2,1-2H3,(H,18,23)/t17-/m1/s1. The van der Waals surface area contributed by atoms with Crippen molar-refractivity contribution in [3.05, 3.63) is 18.0 Å². The van der Waals surface area contributed by atoms with E-state index in [4.69, 9.17) is 0 Å². The van der Waals surface area contributed by atoms with E-state index in [0.29, 0.717) is 18.7 Å². The number of hydrogen-bond donors (Lipinski definition) is 1. The van der Waals surface area contributed by atoms with Gasteiger partial charge in [0.15, 0.2) is 0 Å². The van der Waals surface area contributed by atoms with Crippen LogP contribution < -0.4 is 5.32 Å². The van der Waals surface area contributed by atoms with E-state index in [0.717, 1.165) is 25.8 Å². The van der Waals surface area contributed by atoms with E-state index < -0.39 is 5.54 Å². The molecule has 1 saturated carbocycles. The normalized spacial score (nSPS) is 25.0. The smallest absolute Gasteiger partial charge is 0.275 e. The minimum Gasteiger partial charge on any atom is -0.351 e. The Balaban J connectivity index is 1.74. The summed E-state index contributed by atoms with van der Waals surface area (Å²) in [7, 11) is 0. The third-order valence-electron chi connectivity index (χ3n) is 5.25. The van der Waals surface area contributed by atoms with E-state index in [9.17, 15) is 9.59 Å². The maximum Gasteiger partial charge on any atom is 0.275 e. The summed E-state index contributed by atoms with van der Waals surface area (Å²) in [6, 6.07) is 2.01. The molecule has 6 heteroatoms. The van der Waals surface area contributed by atoms with Gasteiger partial charge in [-0.15, -0.1) is 0 Å². The number of carbonyl (C=O) groups excluding carboxylic acids is 2. The number of aromatic nitrogens is 2. The lowest BCUT2D eigenvalue weighted by Crippen LogP contribution is -2.57. The van der Waals surface area contributed by atoms with Crippen molar-refractivity contribution < 1.29 is 9.59 Å². The van der Waals surface area contributed by atoms with E-state index >= 15 is 0 Å². The maximum absolute atomic E-state index is 12.8. The highest BCUT2D eigenvalue weighted by molar-refractivity contribution is 5.98.